The highest BCUT2D eigenvalue weighted by molar-refractivity contribution is 5.98. The number of methoxy groups -OCH3 is 1. The highest BCUT2D eigenvalue weighted by Crippen LogP contribution is 2.20. The fourth-order valence-electron chi connectivity index (χ4n) is 2.73. The first-order valence-electron chi connectivity index (χ1n) is 8.83. The quantitative estimate of drug-likeness (QED) is 0.490. The summed E-state index contributed by atoms with van der Waals surface area (Å²) in [6, 6.07) is 19.1. The van der Waals surface area contributed by atoms with E-state index in [9.17, 15) is 10.1 Å². The maximum atomic E-state index is 12.3. The molecule has 0 radical (unpaired) electrons. The minimum atomic E-state index is -0.420. The van der Waals surface area contributed by atoms with Gasteiger partial charge in [-0.1, -0.05) is 30.3 Å². The van der Waals surface area contributed by atoms with Crippen LogP contribution in [0.15, 0.2) is 72.6 Å². The highest BCUT2D eigenvalue weighted by Gasteiger charge is 2.09. The van der Waals surface area contributed by atoms with Crippen LogP contribution in [0.2, 0.25) is 0 Å². The van der Waals surface area contributed by atoms with E-state index in [1.807, 2.05) is 60.7 Å². The van der Waals surface area contributed by atoms with Gasteiger partial charge >= 0.3 is 0 Å². The maximum absolute atomic E-state index is 12.3. The second-order valence-corrected chi connectivity index (χ2v) is 6.05. The number of carbonyl (C=O) groups excluding carboxylic acids is 1. The normalized spacial score (nSPS) is 10.9. The summed E-state index contributed by atoms with van der Waals surface area (Å²) in [5, 5.41) is 16.1. The molecular formula is C22H20N4O2. The molecule has 3 aromatic rings. The number of benzene rings is 2. The number of nitrogens with zero attached hydrogens (tertiary/aromatic N) is 2. The number of nitriles is 1. The zero-order valence-electron chi connectivity index (χ0n) is 15.5. The zero-order valence-corrected chi connectivity index (χ0v) is 15.5. The van der Waals surface area contributed by atoms with E-state index in [2.05, 4.69) is 15.6 Å². The smallest absolute Gasteiger partial charge is 0.263 e. The van der Waals surface area contributed by atoms with Crippen LogP contribution in [0.25, 0.3) is 10.9 Å². The van der Waals surface area contributed by atoms with Crippen LogP contribution in [0.4, 0.5) is 5.69 Å². The van der Waals surface area contributed by atoms with Crippen LogP contribution in [0, 0.1) is 11.3 Å². The maximum Gasteiger partial charge on any atom is 0.263 e. The van der Waals surface area contributed by atoms with Crippen molar-refractivity contribution in [2.75, 3.05) is 19.0 Å². The lowest BCUT2D eigenvalue weighted by molar-refractivity contribution is -0.117. The highest BCUT2D eigenvalue weighted by atomic mass is 16.5. The summed E-state index contributed by atoms with van der Waals surface area (Å²) < 4.78 is 5.12. The summed E-state index contributed by atoms with van der Waals surface area (Å²) in [5.74, 6) is 0.369. The van der Waals surface area contributed by atoms with Crippen LogP contribution < -0.4 is 15.4 Å². The monoisotopic (exact) mass is 372 g/mol. The molecule has 0 aliphatic carbocycles. The Labute approximate surface area is 163 Å². The number of hydrogen-bond acceptors (Lipinski definition) is 5. The van der Waals surface area contributed by atoms with Gasteiger partial charge < -0.3 is 15.4 Å². The van der Waals surface area contributed by atoms with Crippen molar-refractivity contribution in [3.05, 3.63) is 78.1 Å². The molecule has 1 amide bonds. The number of para-hydroxylation sites is 1. The number of rotatable bonds is 7. The average molecular weight is 372 g/mol. The molecule has 6 nitrogen and oxygen atoms in total. The Morgan fingerprint density at radius 2 is 1.96 bits per heavy atom. The number of carbonyl (C=O) groups is 1. The van der Waals surface area contributed by atoms with Gasteiger partial charge in [0.2, 0.25) is 0 Å². The summed E-state index contributed by atoms with van der Waals surface area (Å²) in [4.78, 5) is 16.6. The molecule has 0 saturated heterocycles. The molecule has 6 heteroatoms. The number of fused-ring (bicyclic) bond motifs is 1. The van der Waals surface area contributed by atoms with Crippen molar-refractivity contribution in [2.45, 2.75) is 6.42 Å². The number of amides is 1. The van der Waals surface area contributed by atoms with Crippen molar-refractivity contribution in [3.63, 3.8) is 0 Å². The number of aromatic nitrogens is 1. The third-order valence-corrected chi connectivity index (χ3v) is 4.23. The Bertz CT molecular complexity index is 1030. The Morgan fingerprint density at radius 1 is 1.18 bits per heavy atom. The molecule has 140 valence electrons. The first-order chi connectivity index (χ1) is 13.7. The molecular weight excluding hydrogens is 352 g/mol. The van der Waals surface area contributed by atoms with Crippen LogP contribution >= 0.6 is 0 Å². The minimum absolute atomic E-state index is 0.00247. The summed E-state index contributed by atoms with van der Waals surface area (Å²) in [7, 11) is 1.62. The lowest BCUT2D eigenvalue weighted by Gasteiger charge is -2.07. The number of hydrogen-bond donors (Lipinski definition) is 2. The summed E-state index contributed by atoms with van der Waals surface area (Å²) in [6.07, 6.45) is 3.77. The fraction of sp³-hybridized carbons (Fsp3) is 0.136. The molecule has 0 aliphatic rings. The molecule has 2 aromatic carbocycles. The van der Waals surface area contributed by atoms with E-state index in [0.717, 1.165) is 27.9 Å². The molecule has 0 aliphatic heterocycles. The van der Waals surface area contributed by atoms with Gasteiger partial charge in [0.25, 0.3) is 5.91 Å². The van der Waals surface area contributed by atoms with Crippen LogP contribution in [0.5, 0.6) is 5.75 Å². The van der Waals surface area contributed by atoms with Gasteiger partial charge in [-0.05, 0) is 36.2 Å². The van der Waals surface area contributed by atoms with Crippen molar-refractivity contribution in [1.82, 2.24) is 10.3 Å². The predicted molar refractivity (Wildman–Crippen MR) is 109 cm³/mol. The molecule has 2 N–H and O–H groups in total. The summed E-state index contributed by atoms with van der Waals surface area (Å²) in [5.41, 5.74) is 2.58. The van der Waals surface area contributed by atoms with Crippen molar-refractivity contribution >= 4 is 22.5 Å². The lowest BCUT2D eigenvalue weighted by Crippen LogP contribution is -2.27. The van der Waals surface area contributed by atoms with Crippen molar-refractivity contribution < 1.29 is 9.53 Å². The van der Waals surface area contributed by atoms with Crippen LogP contribution in [-0.4, -0.2) is 24.5 Å². The first-order valence-corrected chi connectivity index (χ1v) is 8.83. The second-order valence-electron chi connectivity index (χ2n) is 6.05. The van der Waals surface area contributed by atoms with Gasteiger partial charge in [-0.2, -0.15) is 5.26 Å². The summed E-state index contributed by atoms with van der Waals surface area (Å²) >= 11 is 0. The van der Waals surface area contributed by atoms with E-state index < -0.39 is 5.91 Å². The van der Waals surface area contributed by atoms with Gasteiger partial charge in [-0.3, -0.25) is 9.78 Å². The van der Waals surface area contributed by atoms with E-state index in [1.54, 1.807) is 13.3 Å². The SMILES string of the molecule is COc1ccc(CCNC(=O)/C(C#N)=C\Nc2cccc3cccnc23)cc1. The number of anilines is 1. The van der Waals surface area contributed by atoms with Crippen LogP contribution in [0.1, 0.15) is 5.56 Å². The number of ether oxygens (including phenoxy) is 1. The Hall–Kier alpha value is -3.85. The van der Waals surface area contributed by atoms with Gasteiger partial charge in [0.1, 0.15) is 17.4 Å². The largest absolute Gasteiger partial charge is 0.497 e. The van der Waals surface area contributed by atoms with E-state index in [0.29, 0.717) is 13.0 Å². The van der Waals surface area contributed by atoms with Crippen LogP contribution in [0.3, 0.4) is 0 Å². The first kappa shape index (κ1) is 18.9. The van der Waals surface area contributed by atoms with E-state index in [-0.39, 0.29) is 5.57 Å². The molecule has 0 spiro atoms. The fourth-order valence-corrected chi connectivity index (χ4v) is 2.73. The Balaban J connectivity index is 1.60. The number of nitrogens with one attached hydrogen (secondary N) is 2. The molecule has 28 heavy (non-hydrogen) atoms. The van der Waals surface area contributed by atoms with Gasteiger partial charge in [-0.15, -0.1) is 0 Å². The zero-order chi connectivity index (χ0) is 19.8. The van der Waals surface area contributed by atoms with Crippen molar-refractivity contribution in [3.8, 4) is 11.8 Å². The molecule has 0 atom stereocenters. The third-order valence-electron chi connectivity index (χ3n) is 4.23. The van der Waals surface area contributed by atoms with Crippen molar-refractivity contribution in [2.24, 2.45) is 0 Å². The van der Waals surface area contributed by atoms with Gasteiger partial charge in [0.05, 0.1) is 18.3 Å². The Kier molecular flexibility index (Phi) is 6.21. The predicted octanol–water partition coefficient (Wildman–Crippen LogP) is 3.42. The minimum Gasteiger partial charge on any atom is -0.497 e. The molecule has 0 fully saturated rings. The standard InChI is InChI=1S/C22H20N4O2/c1-28-19-9-7-16(8-10-19)11-13-25-22(27)18(14-23)15-26-20-6-2-4-17-5-3-12-24-21(17)20/h2-10,12,15,26H,11,13H2,1H3,(H,25,27)/b18-15-. The third kappa shape index (κ3) is 4.65. The molecule has 0 bridgehead atoms. The van der Waals surface area contributed by atoms with Gasteiger partial charge in [0, 0.05) is 24.3 Å². The molecule has 0 unspecified atom stereocenters. The average Bonchev–Trinajstić information content (AvgIpc) is 2.74. The number of pyridine rings is 1. The Morgan fingerprint density at radius 3 is 2.71 bits per heavy atom. The van der Waals surface area contributed by atoms with Crippen LogP contribution in [-0.2, 0) is 11.2 Å². The molecule has 3 rings (SSSR count). The molecule has 0 saturated carbocycles. The van der Waals surface area contributed by atoms with E-state index in [1.165, 1.54) is 6.20 Å². The summed E-state index contributed by atoms with van der Waals surface area (Å²) in [6.45, 7) is 0.431. The van der Waals surface area contributed by atoms with Crippen molar-refractivity contribution in [1.29, 1.82) is 5.26 Å². The second kappa shape index (κ2) is 9.19. The molecule has 1 heterocycles. The van der Waals surface area contributed by atoms with E-state index >= 15 is 0 Å². The van der Waals surface area contributed by atoms with Gasteiger partial charge in [0.15, 0.2) is 0 Å². The van der Waals surface area contributed by atoms with Gasteiger partial charge in [-0.25, -0.2) is 0 Å². The lowest BCUT2D eigenvalue weighted by atomic mass is 10.1. The van der Waals surface area contributed by atoms with E-state index in [4.69, 9.17) is 4.74 Å². The molecule has 1 aromatic heterocycles. The topological polar surface area (TPSA) is 87.0 Å².